The highest BCUT2D eigenvalue weighted by atomic mass is 79.9. The van der Waals surface area contributed by atoms with Gasteiger partial charge >= 0.3 is 0 Å². The van der Waals surface area contributed by atoms with Crippen LogP contribution >= 0.6 is 15.9 Å². The van der Waals surface area contributed by atoms with Crippen LogP contribution in [-0.2, 0) is 10.0 Å². The molecule has 0 saturated carbocycles. The number of rotatable bonds is 3. The van der Waals surface area contributed by atoms with Crippen LogP contribution in [0.5, 0.6) is 0 Å². The lowest BCUT2D eigenvalue weighted by molar-refractivity contribution is 0.102. The summed E-state index contributed by atoms with van der Waals surface area (Å²) in [4.78, 5) is 12.1. The average Bonchev–Trinajstić information content (AvgIpc) is 2.40. The third kappa shape index (κ3) is 3.90. The molecule has 2 rings (SSSR count). The highest BCUT2D eigenvalue weighted by Gasteiger charge is 2.13. The minimum atomic E-state index is -3.82. The SMILES string of the molecule is Cc1ccc(NC(=O)c2ccc(Br)cc2)cc1S(N)(=O)=O. The average molecular weight is 369 g/mol. The van der Waals surface area contributed by atoms with Crippen LogP contribution in [0.2, 0.25) is 0 Å². The van der Waals surface area contributed by atoms with Crippen LogP contribution in [0.1, 0.15) is 15.9 Å². The predicted octanol–water partition coefficient (Wildman–Crippen LogP) is 2.66. The van der Waals surface area contributed by atoms with Gasteiger partial charge in [-0.25, -0.2) is 13.6 Å². The van der Waals surface area contributed by atoms with E-state index in [1.165, 1.54) is 6.07 Å². The van der Waals surface area contributed by atoms with Gasteiger partial charge in [-0.2, -0.15) is 0 Å². The third-order valence-corrected chi connectivity index (χ3v) is 4.44. The Hall–Kier alpha value is -1.70. The molecule has 7 heteroatoms. The van der Waals surface area contributed by atoms with Crippen LogP contribution in [-0.4, -0.2) is 14.3 Å². The number of anilines is 1. The number of nitrogens with one attached hydrogen (secondary N) is 1. The second-order valence-electron chi connectivity index (χ2n) is 4.49. The number of carbonyl (C=O) groups is 1. The van der Waals surface area contributed by atoms with Gasteiger partial charge in [0.1, 0.15) is 0 Å². The number of carbonyl (C=O) groups excluding carboxylic acids is 1. The standard InChI is InChI=1S/C14H13BrN2O3S/c1-9-2-7-12(8-13(9)21(16,19)20)17-14(18)10-3-5-11(15)6-4-10/h2-8H,1H3,(H,17,18)(H2,16,19,20). The Morgan fingerprint density at radius 3 is 2.33 bits per heavy atom. The van der Waals surface area contributed by atoms with Gasteiger partial charge in [-0.3, -0.25) is 4.79 Å². The second-order valence-corrected chi connectivity index (χ2v) is 6.93. The summed E-state index contributed by atoms with van der Waals surface area (Å²) in [6.45, 7) is 1.64. The molecule has 0 unspecified atom stereocenters. The van der Waals surface area contributed by atoms with E-state index in [1.54, 1.807) is 43.3 Å². The number of nitrogens with two attached hydrogens (primary N) is 1. The van der Waals surface area contributed by atoms with Crippen LogP contribution in [0, 0.1) is 6.92 Å². The zero-order valence-electron chi connectivity index (χ0n) is 11.1. The van der Waals surface area contributed by atoms with Crippen molar-refractivity contribution in [3.8, 4) is 0 Å². The molecular formula is C14H13BrN2O3S. The fourth-order valence-corrected chi connectivity index (χ4v) is 2.86. The van der Waals surface area contributed by atoms with Crippen molar-refractivity contribution >= 4 is 37.5 Å². The van der Waals surface area contributed by atoms with E-state index in [0.717, 1.165) is 4.47 Å². The van der Waals surface area contributed by atoms with Crippen molar-refractivity contribution in [2.75, 3.05) is 5.32 Å². The Labute approximate surface area is 131 Å². The summed E-state index contributed by atoms with van der Waals surface area (Å²) in [6, 6.07) is 11.4. The van der Waals surface area contributed by atoms with Crippen molar-refractivity contribution < 1.29 is 13.2 Å². The van der Waals surface area contributed by atoms with Crippen molar-refractivity contribution in [1.82, 2.24) is 0 Å². The molecule has 0 aliphatic carbocycles. The fourth-order valence-electron chi connectivity index (χ4n) is 1.79. The summed E-state index contributed by atoms with van der Waals surface area (Å²) in [5.74, 6) is -0.327. The molecule has 0 atom stereocenters. The number of amides is 1. The number of hydrogen-bond acceptors (Lipinski definition) is 3. The van der Waals surface area contributed by atoms with Crippen LogP contribution in [0.3, 0.4) is 0 Å². The van der Waals surface area contributed by atoms with Gasteiger partial charge in [-0.15, -0.1) is 0 Å². The molecule has 0 spiro atoms. The Kier molecular flexibility index (Phi) is 4.46. The molecule has 21 heavy (non-hydrogen) atoms. The summed E-state index contributed by atoms with van der Waals surface area (Å²) in [5, 5.41) is 7.78. The van der Waals surface area contributed by atoms with E-state index in [2.05, 4.69) is 21.2 Å². The Morgan fingerprint density at radius 1 is 1.14 bits per heavy atom. The van der Waals surface area contributed by atoms with Crippen LogP contribution in [0.15, 0.2) is 51.8 Å². The van der Waals surface area contributed by atoms with E-state index in [-0.39, 0.29) is 10.8 Å². The van der Waals surface area contributed by atoms with E-state index in [4.69, 9.17) is 5.14 Å². The molecule has 0 aliphatic heterocycles. The molecule has 2 aromatic carbocycles. The molecule has 0 bridgehead atoms. The first kappa shape index (κ1) is 15.7. The summed E-state index contributed by atoms with van der Waals surface area (Å²) < 4.78 is 23.8. The van der Waals surface area contributed by atoms with Crippen molar-refractivity contribution in [3.05, 3.63) is 58.1 Å². The molecule has 1 amide bonds. The summed E-state index contributed by atoms with van der Waals surface area (Å²) in [5.41, 5.74) is 1.37. The normalized spacial score (nSPS) is 11.2. The molecule has 2 aromatic rings. The monoisotopic (exact) mass is 368 g/mol. The lowest BCUT2D eigenvalue weighted by atomic mass is 10.2. The fraction of sp³-hybridized carbons (Fsp3) is 0.0714. The molecule has 5 nitrogen and oxygen atoms in total. The molecule has 0 heterocycles. The number of benzene rings is 2. The Bertz CT molecular complexity index is 786. The van der Waals surface area contributed by atoms with E-state index in [0.29, 0.717) is 16.8 Å². The maximum Gasteiger partial charge on any atom is 0.255 e. The van der Waals surface area contributed by atoms with E-state index in [1.807, 2.05) is 0 Å². The lowest BCUT2D eigenvalue weighted by Crippen LogP contribution is -2.16. The zero-order valence-corrected chi connectivity index (χ0v) is 13.5. The molecular weight excluding hydrogens is 356 g/mol. The van der Waals surface area contributed by atoms with Crippen molar-refractivity contribution in [2.45, 2.75) is 11.8 Å². The van der Waals surface area contributed by atoms with Gasteiger partial charge in [0.25, 0.3) is 5.91 Å². The van der Waals surface area contributed by atoms with Gasteiger partial charge in [0.15, 0.2) is 0 Å². The highest BCUT2D eigenvalue weighted by molar-refractivity contribution is 9.10. The first-order chi connectivity index (χ1) is 9.77. The molecule has 0 radical (unpaired) electrons. The maximum absolute atomic E-state index is 12.1. The van der Waals surface area contributed by atoms with Gasteiger partial charge in [-0.05, 0) is 48.9 Å². The van der Waals surface area contributed by atoms with Crippen LogP contribution in [0.4, 0.5) is 5.69 Å². The molecule has 110 valence electrons. The van der Waals surface area contributed by atoms with E-state index < -0.39 is 10.0 Å². The van der Waals surface area contributed by atoms with Crippen LogP contribution in [0.25, 0.3) is 0 Å². The number of sulfonamides is 1. The molecule has 3 N–H and O–H groups in total. The van der Waals surface area contributed by atoms with Gasteiger partial charge in [0, 0.05) is 15.7 Å². The Morgan fingerprint density at radius 2 is 1.76 bits per heavy atom. The minimum Gasteiger partial charge on any atom is -0.322 e. The molecule has 0 aromatic heterocycles. The first-order valence-corrected chi connectivity index (χ1v) is 8.31. The minimum absolute atomic E-state index is 0.00361. The number of halogens is 1. The van der Waals surface area contributed by atoms with Gasteiger partial charge in [0.2, 0.25) is 10.0 Å². The third-order valence-electron chi connectivity index (χ3n) is 2.86. The summed E-state index contributed by atoms with van der Waals surface area (Å²) in [6.07, 6.45) is 0. The number of aryl methyl sites for hydroxylation is 1. The van der Waals surface area contributed by atoms with Crippen molar-refractivity contribution in [2.24, 2.45) is 5.14 Å². The quantitative estimate of drug-likeness (QED) is 0.872. The van der Waals surface area contributed by atoms with Gasteiger partial charge in [0.05, 0.1) is 4.90 Å². The zero-order chi connectivity index (χ0) is 15.6. The van der Waals surface area contributed by atoms with E-state index >= 15 is 0 Å². The highest BCUT2D eigenvalue weighted by Crippen LogP contribution is 2.20. The lowest BCUT2D eigenvalue weighted by Gasteiger charge is -2.09. The summed E-state index contributed by atoms with van der Waals surface area (Å²) >= 11 is 3.29. The van der Waals surface area contributed by atoms with Gasteiger partial charge in [-0.1, -0.05) is 22.0 Å². The topological polar surface area (TPSA) is 89.3 Å². The molecule has 0 fully saturated rings. The first-order valence-electron chi connectivity index (χ1n) is 5.98. The molecule has 0 aliphatic rings. The summed E-state index contributed by atoms with van der Waals surface area (Å²) in [7, 11) is -3.82. The predicted molar refractivity (Wildman–Crippen MR) is 84.6 cm³/mol. The Balaban J connectivity index is 2.28. The molecule has 0 saturated heterocycles. The van der Waals surface area contributed by atoms with Crippen LogP contribution < -0.4 is 10.5 Å². The van der Waals surface area contributed by atoms with Crippen molar-refractivity contribution in [1.29, 1.82) is 0 Å². The van der Waals surface area contributed by atoms with Crippen molar-refractivity contribution in [3.63, 3.8) is 0 Å². The van der Waals surface area contributed by atoms with Gasteiger partial charge < -0.3 is 5.32 Å². The van der Waals surface area contributed by atoms with E-state index in [9.17, 15) is 13.2 Å². The smallest absolute Gasteiger partial charge is 0.255 e. The maximum atomic E-state index is 12.1. The largest absolute Gasteiger partial charge is 0.322 e. The second kappa shape index (κ2) is 5.97. The number of primary sulfonamides is 1. The number of hydrogen-bond donors (Lipinski definition) is 2.